The van der Waals surface area contributed by atoms with Crippen molar-refractivity contribution in [2.24, 2.45) is 5.73 Å². The van der Waals surface area contributed by atoms with Gasteiger partial charge in [-0.1, -0.05) is 6.92 Å². The van der Waals surface area contributed by atoms with E-state index in [1.165, 1.54) is 0 Å². The van der Waals surface area contributed by atoms with Gasteiger partial charge in [0.15, 0.2) is 0 Å². The number of carbonyl (C=O) groups is 1. The molecule has 0 aliphatic carbocycles. The van der Waals surface area contributed by atoms with Crippen molar-refractivity contribution in [3.63, 3.8) is 0 Å². The number of nitrogens with one attached hydrogen (secondary N) is 1. The van der Waals surface area contributed by atoms with E-state index in [1.807, 2.05) is 6.92 Å². The maximum absolute atomic E-state index is 11.3. The Kier molecular flexibility index (Phi) is 5.88. The van der Waals surface area contributed by atoms with E-state index >= 15 is 0 Å². The van der Waals surface area contributed by atoms with Crippen LogP contribution in [0.2, 0.25) is 0 Å². The van der Waals surface area contributed by atoms with Crippen LogP contribution >= 0.6 is 0 Å². The number of nitrogens with two attached hydrogens (primary N) is 1. The molecule has 0 saturated carbocycles. The molecular weight excluding hydrogens is 216 g/mol. The van der Waals surface area contributed by atoms with Gasteiger partial charge in [-0.05, 0) is 40.0 Å². The van der Waals surface area contributed by atoms with Gasteiger partial charge in [0.1, 0.15) is 0 Å². The van der Waals surface area contributed by atoms with Gasteiger partial charge < -0.3 is 16.0 Å². The van der Waals surface area contributed by atoms with Crippen molar-refractivity contribution in [1.82, 2.24) is 15.1 Å². The van der Waals surface area contributed by atoms with Crippen LogP contribution in [0.5, 0.6) is 0 Å². The molecule has 1 saturated heterocycles. The number of carbonyl (C=O) groups excluding carboxylic acids is 1. The molecule has 0 radical (unpaired) electrons. The topological polar surface area (TPSA) is 61.6 Å². The summed E-state index contributed by atoms with van der Waals surface area (Å²) in [6, 6.07) is 0.244. The molecule has 0 aromatic carbocycles. The number of hydrogen-bond donors (Lipinski definition) is 2. The average Bonchev–Trinajstić information content (AvgIpc) is 2.40. The molecule has 0 bridgehead atoms. The minimum Gasteiger partial charge on any atom is -0.368 e. The van der Waals surface area contributed by atoms with E-state index in [0.717, 1.165) is 39.1 Å². The molecule has 0 aromatic heterocycles. The van der Waals surface area contributed by atoms with Crippen molar-refractivity contribution >= 4 is 5.91 Å². The van der Waals surface area contributed by atoms with Crippen molar-refractivity contribution < 1.29 is 4.79 Å². The van der Waals surface area contributed by atoms with Crippen LogP contribution in [0.4, 0.5) is 0 Å². The molecule has 1 fully saturated rings. The fourth-order valence-electron chi connectivity index (χ4n) is 2.43. The molecule has 2 atom stereocenters. The predicted molar refractivity (Wildman–Crippen MR) is 69.8 cm³/mol. The van der Waals surface area contributed by atoms with Gasteiger partial charge in [-0.25, -0.2) is 0 Å². The standard InChI is InChI=1S/C12H26N4O/c1-4-14-11(12(13)17)9-16-7-5-6-15(3)8-10(16)2/h10-11,14H,4-9H2,1-3H3,(H2,13,17). The van der Waals surface area contributed by atoms with E-state index in [9.17, 15) is 4.79 Å². The van der Waals surface area contributed by atoms with E-state index in [-0.39, 0.29) is 11.9 Å². The smallest absolute Gasteiger partial charge is 0.235 e. The fraction of sp³-hybridized carbons (Fsp3) is 0.917. The molecule has 1 aliphatic rings. The molecule has 0 spiro atoms. The largest absolute Gasteiger partial charge is 0.368 e. The lowest BCUT2D eigenvalue weighted by atomic mass is 10.2. The SMILES string of the molecule is CCNC(CN1CCCN(C)CC1C)C(N)=O. The zero-order valence-corrected chi connectivity index (χ0v) is 11.3. The minimum atomic E-state index is -0.253. The molecule has 1 heterocycles. The van der Waals surface area contributed by atoms with Gasteiger partial charge in [-0.2, -0.15) is 0 Å². The highest BCUT2D eigenvalue weighted by Crippen LogP contribution is 2.09. The first-order valence-electron chi connectivity index (χ1n) is 6.49. The van der Waals surface area contributed by atoms with Gasteiger partial charge in [0.05, 0.1) is 6.04 Å². The van der Waals surface area contributed by atoms with Crippen molar-refractivity contribution in [3.8, 4) is 0 Å². The number of primary amides is 1. The van der Waals surface area contributed by atoms with Crippen LogP contribution in [0.1, 0.15) is 20.3 Å². The normalized spacial score (nSPS) is 25.5. The lowest BCUT2D eigenvalue weighted by molar-refractivity contribution is -0.120. The summed E-state index contributed by atoms with van der Waals surface area (Å²) in [6.45, 7) is 8.93. The summed E-state index contributed by atoms with van der Waals surface area (Å²) in [6.07, 6.45) is 1.15. The minimum absolute atomic E-state index is 0.231. The van der Waals surface area contributed by atoms with E-state index in [4.69, 9.17) is 5.73 Å². The fourth-order valence-corrected chi connectivity index (χ4v) is 2.43. The van der Waals surface area contributed by atoms with Crippen LogP contribution in [0.15, 0.2) is 0 Å². The van der Waals surface area contributed by atoms with Crippen molar-refractivity contribution in [2.75, 3.05) is 39.8 Å². The molecule has 17 heavy (non-hydrogen) atoms. The first-order chi connectivity index (χ1) is 8.04. The van der Waals surface area contributed by atoms with Crippen LogP contribution in [0.25, 0.3) is 0 Å². The molecule has 100 valence electrons. The zero-order chi connectivity index (χ0) is 12.8. The lowest BCUT2D eigenvalue weighted by Crippen LogP contribution is -2.51. The van der Waals surface area contributed by atoms with Crippen LogP contribution in [0.3, 0.4) is 0 Å². The Labute approximate surface area is 104 Å². The maximum atomic E-state index is 11.3. The third kappa shape index (κ3) is 4.61. The number of amides is 1. The third-order valence-electron chi connectivity index (χ3n) is 3.40. The van der Waals surface area contributed by atoms with Gasteiger partial charge in [0, 0.05) is 19.1 Å². The molecule has 3 N–H and O–H groups in total. The van der Waals surface area contributed by atoms with Gasteiger partial charge in [-0.15, -0.1) is 0 Å². The Morgan fingerprint density at radius 2 is 2.24 bits per heavy atom. The second-order valence-electron chi connectivity index (χ2n) is 4.97. The Morgan fingerprint density at radius 1 is 1.53 bits per heavy atom. The van der Waals surface area contributed by atoms with Gasteiger partial charge in [0.25, 0.3) is 0 Å². The molecule has 1 rings (SSSR count). The van der Waals surface area contributed by atoms with Gasteiger partial charge >= 0.3 is 0 Å². The predicted octanol–water partition coefficient (Wildman–Crippen LogP) is -0.524. The monoisotopic (exact) mass is 242 g/mol. The first kappa shape index (κ1) is 14.4. The summed E-state index contributed by atoms with van der Waals surface area (Å²) < 4.78 is 0. The lowest BCUT2D eigenvalue weighted by Gasteiger charge is -2.30. The molecule has 1 amide bonds. The molecule has 5 nitrogen and oxygen atoms in total. The quantitative estimate of drug-likeness (QED) is 0.681. The number of likely N-dealkylation sites (N-methyl/N-ethyl adjacent to an activating group) is 2. The van der Waals surface area contributed by atoms with E-state index in [1.54, 1.807) is 0 Å². The summed E-state index contributed by atoms with van der Waals surface area (Å²) in [7, 11) is 2.15. The molecule has 5 heteroatoms. The van der Waals surface area contributed by atoms with Crippen molar-refractivity contribution in [2.45, 2.75) is 32.4 Å². The number of hydrogen-bond acceptors (Lipinski definition) is 4. The van der Waals surface area contributed by atoms with Crippen LogP contribution in [-0.2, 0) is 4.79 Å². The van der Waals surface area contributed by atoms with E-state index < -0.39 is 0 Å². The summed E-state index contributed by atoms with van der Waals surface area (Å²) in [5, 5.41) is 3.15. The number of rotatable bonds is 5. The number of nitrogens with zero attached hydrogens (tertiary/aromatic N) is 2. The second kappa shape index (κ2) is 6.93. The highest BCUT2D eigenvalue weighted by Gasteiger charge is 2.24. The summed E-state index contributed by atoms with van der Waals surface area (Å²) in [5.74, 6) is -0.253. The van der Waals surface area contributed by atoms with Crippen LogP contribution in [-0.4, -0.2) is 67.6 Å². The highest BCUT2D eigenvalue weighted by atomic mass is 16.1. The van der Waals surface area contributed by atoms with Gasteiger partial charge in [0.2, 0.25) is 5.91 Å². The Balaban J connectivity index is 2.54. The third-order valence-corrected chi connectivity index (χ3v) is 3.40. The second-order valence-corrected chi connectivity index (χ2v) is 4.97. The molecule has 0 aromatic rings. The van der Waals surface area contributed by atoms with Crippen LogP contribution < -0.4 is 11.1 Å². The summed E-state index contributed by atoms with van der Waals surface area (Å²) in [5.41, 5.74) is 5.41. The molecule has 1 aliphatic heterocycles. The Hall–Kier alpha value is -0.650. The molecule has 2 unspecified atom stereocenters. The molecular formula is C12H26N4O. The van der Waals surface area contributed by atoms with Crippen molar-refractivity contribution in [3.05, 3.63) is 0 Å². The summed E-state index contributed by atoms with van der Waals surface area (Å²) in [4.78, 5) is 16.0. The first-order valence-corrected chi connectivity index (χ1v) is 6.49. The van der Waals surface area contributed by atoms with Gasteiger partial charge in [-0.3, -0.25) is 9.69 Å². The average molecular weight is 242 g/mol. The maximum Gasteiger partial charge on any atom is 0.235 e. The van der Waals surface area contributed by atoms with E-state index in [2.05, 4.69) is 29.1 Å². The Morgan fingerprint density at radius 3 is 2.82 bits per heavy atom. The van der Waals surface area contributed by atoms with E-state index in [0.29, 0.717) is 6.04 Å². The van der Waals surface area contributed by atoms with Crippen LogP contribution in [0, 0.1) is 0 Å². The van der Waals surface area contributed by atoms with Crippen molar-refractivity contribution in [1.29, 1.82) is 0 Å². The zero-order valence-electron chi connectivity index (χ0n) is 11.3. The Bertz CT molecular complexity index is 247. The summed E-state index contributed by atoms with van der Waals surface area (Å²) >= 11 is 0. The highest BCUT2D eigenvalue weighted by molar-refractivity contribution is 5.80.